The van der Waals surface area contributed by atoms with Crippen LogP contribution in [-0.2, 0) is 11.9 Å². The Labute approximate surface area is 130 Å². The van der Waals surface area contributed by atoms with Crippen molar-refractivity contribution in [3.63, 3.8) is 0 Å². The van der Waals surface area contributed by atoms with Crippen LogP contribution in [0.2, 0.25) is 0 Å². The fourth-order valence-corrected chi connectivity index (χ4v) is 2.85. The van der Waals surface area contributed by atoms with Crippen molar-refractivity contribution < 1.29 is 4.79 Å². The number of benzene rings is 1. The van der Waals surface area contributed by atoms with Crippen LogP contribution in [0.3, 0.4) is 0 Å². The van der Waals surface area contributed by atoms with Gasteiger partial charge in [-0.25, -0.2) is 0 Å². The van der Waals surface area contributed by atoms with Crippen LogP contribution in [0.15, 0.2) is 24.3 Å². The first kappa shape index (κ1) is 15.1. The monoisotopic (exact) mass is 353 g/mol. The molecule has 1 aromatic carbocycles. The van der Waals surface area contributed by atoms with E-state index in [1.165, 1.54) is 5.56 Å². The summed E-state index contributed by atoms with van der Waals surface area (Å²) in [7, 11) is 0. The standard InChI is InChI=1S/C14H16BrN3OS/c1-9(2)12-13(20-18-17-12)14(19)16-8-11-5-3-10(7-15)4-6-11/h3-6,9H,7-8H2,1-2H3,(H,16,19). The van der Waals surface area contributed by atoms with Gasteiger partial charge in [-0.15, -0.1) is 5.10 Å². The van der Waals surface area contributed by atoms with Gasteiger partial charge in [-0.3, -0.25) is 4.79 Å². The fourth-order valence-electron chi connectivity index (χ4n) is 1.74. The van der Waals surface area contributed by atoms with Gasteiger partial charge < -0.3 is 5.32 Å². The van der Waals surface area contributed by atoms with E-state index >= 15 is 0 Å². The Morgan fingerprint density at radius 1 is 1.30 bits per heavy atom. The molecular formula is C14H16BrN3OS. The molecule has 0 bridgehead atoms. The maximum atomic E-state index is 12.1. The van der Waals surface area contributed by atoms with Gasteiger partial charge in [-0.1, -0.05) is 58.5 Å². The van der Waals surface area contributed by atoms with Gasteiger partial charge in [-0.05, 0) is 28.6 Å². The Morgan fingerprint density at radius 2 is 1.95 bits per heavy atom. The molecule has 1 N–H and O–H groups in total. The first-order valence-electron chi connectivity index (χ1n) is 6.36. The van der Waals surface area contributed by atoms with Gasteiger partial charge in [-0.2, -0.15) is 0 Å². The second-order valence-corrected chi connectivity index (χ2v) is 6.09. The van der Waals surface area contributed by atoms with Crippen LogP contribution in [0, 0.1) is 0 Å². The van der Waals surface area contributed by atoms with Crippen LogP contribution < -0.4 is 5.32 Å². The first-order chi connectivity index (χ1) is 9.61. The molecule has 0 radical (unpaired) electrons. The van der Waals surface area contributed by atoms with E-state index in [0.717, 1.165) is 28.1 Å². The second kappa shape index (κ2) is 6.95. The predicted molar refractivity (Wildman–Crippen MR) is 84.2 cm³/mol. The number of nitrogens with one attached hydrogen (secondary N) is 1. The summed E-state index contributed by atoms with van der Waals surface area (Å²) >= 11 is 4.56. The highest BCUT2D eigenvalue weighted by molar-refractivity contribution is 9.08. The molecule has 0 fully saturated rings. The van der Waals surface area contributed by atoms with E-state index in [1.807, 2.05) is 38.1 Å². The molecule has 0 aliphatic rings. The molecule has 2 rings (SSSR count). The molecule has 1 amide bonds. The Bertz CT molecular complexity index is 580. The maximum absolute atomic E-state index is 12.1. The minimum absolute atomic E-state index is 0.103. The quantitative estimate of drug-likeness (QED) is 0.837. The number of carbonyl (C=O) groups excluding carboxylic acids is 1. The summed E-state index contributed by atoms with van der Waals surface area (Å²) in [4.78, 5) is 12.7. The van der Waals surface area contributed by atoms with Crippen LogP contribution in [0.4, 0.5) is 0 Å². The van der Waals surface area contributed by atoms with Gasteiger partial charge in [0.15, 0.2) is 0 Å². The number of hydrogen-bond donors (Lipinski definition) is 1. The van der Waals surface area contributed by atoms with Gasteiger partial charge in [0, 0.05) is 11.9 Å². The zero-order valence-corrected chi connectivity index (χ0v) is 13.8. The molecule has 0 atom stereocenters. The van der Waals surface area contributed by atoms with Crippen LogP contribution in [0.1, 0.15) is 46.3 Å². The van der Waals surface area contributed by atoms with Crippen LogP contribution in [0.5, 0.6) is 0 Å². The molecule has 6 heteroatoms. The van der Waals surface area contributed by atoms with Gasteiger partial charge in [0.05, 0.1) is 5.69 Å². The van der Waals surface area contributed by atoms with E-state index < -0.39 is 0 Å². The van der Waals surface area contributed by atoms with E-state index in [0.29, 0.717) is 11.4 Å². The molecule has 0 saturated carbocycles. The van der Waals surface area contributed by atoms with Gasteiger partial charge in [0.2, 0.25) is 0 Å². The van der Waals surface area contributed by atoms with E-state index in [1.54, 1.807) is 0 Å². The van der Waals surface area contributed by atoms with Crippen LogP contribution in [-0.4, -0.2) is 15.5 Å². The molecule has 0 saturated heterocycles. The largest absolute Gasteiger partial charge is 0.347 e. The summed E-state index contributed by atoms with van der Waals surface area (Å²) in [5.74, 6) is 0.0981. The minimum atomic E-state index is -0.103. The van der Waals surface area contributed by atoms with E-state index in [9.17, 15) is 4.79 Å². The van der Waals surface area contributed by atoms with Crippen molar-refractivity contribution in [2.45, 2.75) is 31.6 Å². The molecule has 0 spiro atoms. The van der Waals surface area contributed by atoms with E-state index in [-0.39, 0.29) is 11.8 Å². The number of carbonyl (C=O) groups is 1. The first-order valence-corrected chi connectivity index (χ1v) is 8.25. The summed E-state index contributed by atoms with van der Waals surface area (Å²) in [5.41, 5.74) is 3.06. The van der Waals surface area contributed by atoms with Crippen molar-refractivity contribution in [2.75, 3.05) is 0 Å². The summed E-state index contributed by atoms with van der Waals surface area (Å²) in [6.07, 6.45) is 0. The van der Waals surface area contributed by atoms with Crippen molar-refractivity contribution in [1.82, 2.24) is 14.9 Å². The lowest BCUT2D eigenvalue weighted by atomic mass is 10.1. The summed E-state index contributed by atoms with van der Waals surface area (Å²) < 4.78 is 3.87. The normalized spacial score (nSPS) is 10.8. The lowest BCUT2D eigenvalue weighted by Gasteiger charge is -2.06. The minimum Gasteiger partial charge on any atom is -0.347 e. The third-order valence-corrected chi connectivity index (χ3v) is 4.28. The number of rotatable bonds is 5. The summed E-state index contributed by atoms with van der Waals surface area (Å²) in [6.45, 7) is 4.52. The molecule has 106 valence electrons. The van der Waals surface area contributed by atoms with Crippen molar-refractivity contribution in [3.8, 4) is 0 Å². The number of alkyl halides is 1. The SMILES string of the molecule is CC(C)c1nnsc1C(=O)NCc1ccc(CBr)cc1. The van der Waals surface area contributed by atoms with Crippen LogP contribution >= 0.6 is 27.5 Å². The Hall–Kier alpha value is -1.27. The van der Waals surface area contributed by atoms with Crippen molar-refractivity contribution in [2.24, 2.45) is 0 Å². The smallest absolute Gasteiger partial charge is 0.265 e. The number of hydrogen-bond acceptors (Lipinski definition) is 4. The Kier molecular flexibility index (Phi) is 5.25. The number of amides is 1. The third kappa shape index (κ3) is 3.64. The second-order valence-electron chi connectivity index (χ2n) is 4.77. The Morgan fingerprint density at radius 3 is 2.55 bits per heavy atom. The van der Waals surface area contributed by atoms with Crippen LogP contribution in [0.25, 0.3) is 0 Å². The summed E-state index contributed by atoms with van der Waals surface area (Å²) in [5, 5.41) is 7.77. The van der Waals surface area contributed by atoms with Gasteiger partial charge in [0.25, 0.3) is 5.91 Å². The lowest BCUT2D eigenvalue weighted by Crippen LogP contribution is -2.23. The van der Waals surface area contributed by atoms with Gasteiger partial charge in [0.1, 0.15) is 4.88 Å². The number of aromatic nitrogens is 2. The zero-order chi connectivity index (χ0) is 14.5. The molecule has 2 aromatic rings. The fraction of sp³-hybridized carbons (Fsp3) is 0.357. The average molecular weight is 354 g/mol. The molecule has 0 unspecified atom stereocenters. The van der Waals surface area contributed by atoms with Gasteiger partial charge >= 0.3 is 0 Å². The van der Waals surface area contributed by atoms with E-state index in [4.69, 9.17) is 0 Å². The highest BCUT2D eigenvalue weighted by atomic mass is 79.9. The third-order valence-electron chi connectivity index (χ3n) is 2.90. The molecular weight excluding hydrogens is 338 g/mol. The average Bonchev–Trinajstić information content (AvgIpc) is 2.95. The molecule has 1 aromatic heterocycles. The molecule has 0 aliphatic carbocycles. The number of halogens is 1. The van der Waals surface area contributed by atoms with E-state index in [2.05, 4.69) is 30.8 Å². The van der Waals surface area contributed by atoms with Crippen molar-refractivity contribution in [3.05, 3.63) is 46.0 Å². The Balaban J connectivity index is 1.99. The molecule has 0 aliphatic heterocycles. The predicted octanol–water partition coefficient (Wildman–Crippen LogP) is 3.49. The van der Waals surface area contributed by atoms with Crippen molar-refractivity contribution in [1.29, 1.82) is 0 Å². The summed E-state index contributed by atoms with van der Waals surface area (Å²) in [6, 6.07) is 8.13. The highest BCUT2D eigenvalue weighted by Crippen LogP contribution is 2.19. The maximum Gasteiger partial charge on any atom is 0.265 e. The molecule has 1 heterocycles. The topological polar surface area (TPSA) is 54.9 Å². The highest BCUT2D eigenvalue weighted by Gasteiger charge is 2.18. The lowest BCUT2D eigenvalue weighted by molar-refractivity contribution is 0.0953. The molecule has 20 heavy (non-hydrogen) atoms. The molecule has 4 nitrogen and oxygen atoms in total. The van der Waals surface area contributed by atoms with Crippen molar-refractivity contribution >= 4 is 33.4 Å². The number of nitrogens with zero attached hydrogens (tertiary/aromatic N) is 2. The zero-order valence-electron chi connectivity index (χ0n) is 11.4.